The third kappa shape index (κ3) is 4.83. The van der Waals surface area contributed by atoms with E-state index in [0.717, 1.165) is 0 Å². The van der Waals surface area contributed by atoms with Crippen molar-refractivity contribution in [3.8, 4) is 0 Å². The molecule has 0 aromatic rings. The largest absolute Gasteiger partial charge is 0.412 e. The van der Waals surface area contributed by atoms with Gasteiger partial charge in [-0.3, -0.25) is 0 Å². The fourth-order valence-electron chi connectivity index (χ4n) is 1.27. The van der Waals surface area contributed by atoms with E-state index in [2.05, 4.69) is 40.4 Å². The predicted octanol–water partition coefficient (Wildman–Crippen LogP) is 2.63. The van der Waals surface area contributed by atoms with Crippen LogP contribution in [0, 0.1) is 0 Å². The quantitative estimate of drug-likeness (QED) is 0.604. The molecule has 0 aliphatic carbocycles. The van der Waals surface area contributed by atoms with Crippen molar-refractivity contribution >= 4 is 18.3 Å². The number of hydrogen-bond acceptors (Lipinski definition) is 3. The van der Waals surface area contributed by atoms with Crippen LogP contribution in [0.2, 0.25) is 18.1 Å². The van der Waals surface area contributed by atoms with Gasteiger partial charge in [0.15, 0.2) is 8.32 Å². The smallest absolute Gasteiger partial charge is 0.214 e. The van der Waals surface area contributed by atoms with Crippen LogP contribution in [0.4, 0.5) is 0 Å². The van der Waals surface area contributed by atoms with Crippen molar-refractivity contribution in [1.29, 1.82) is 0 Å². The molecule has 0 radical (unpaired) electrons. The molecule has 0 aliphatic rings. The molecule has 0 bridgehead atoms. The molecule has 18 heavy (non-hydrogen) atoms. The lowest BCUT2D eigenvalue weighted by Gasteiger charge is -2.40. The van der Waals surface area contributed by atoms with Gasteiger partial charge in [-0.25, -0.2) is 13.6 Å². The van der Waals surface area contributed by atoms with Crippen molar-refractivity contribution in [2.45, 2.75) is 63.6 Å². The van der Waals surface area contributed by atoms with Gasteiger partial charge in [-0.1, -0.05) is 26.8 Å². The Labute approximate surface area is 113 Å². The highest BCUT2D eigenvalue weighted by atomic mass is 32.2. The molecule has 2 atom stereocenters. The van der Waals surface area contributed by atoms with E-state index in [0.29, 0.717) is 6.42 Å². The monoisotopic (exact) mass is 293 g/mol. The van der Waals surface area contributed by atoms with Crippen LogP contribution in [0.5, 0.6) is 0 Å². The van der Waals surface area contributed by atoms with E-state index < -0.39 is 29.7 Å². The third-order valence-corrected chi connectivity index (χ3v) is 9.54. The van der Waals surface area contributed by atoms with E-state index in [9.17, 15) is 8.42 Å². The van der Waals surface area contributed by atoms with Gasteiger partial charge in [0.1, 0.15) is 0 Å². The Hall–Kier alpha value is -0.173. The standard InChI is InChI=1S/C12H27NO3SSi/c1-8-9-11(10(2)17(13,14)15)16-18(6,7)12(3,4)5/h8,10-11H,1,9H2,2-7H3,(H2,13,14,15)/t10-,11+/m0/s1. The number of nitrogens with two attached hydrogens (primary N) is 1. The van der Waals surface area contributed by atoms with Gasteiger partial charge in [-0.2, -0.15) is 0 Å². The van der Waals surface area contributed by atoms with E-state index >= 15 is 0 Å². The minimum absolute atomic E-state index is 0.0322. The molecular formula is C12H27NO3SSi. The fraction of sp³-hybridized carbons (Fsp3) is 0.833. The lowest BCUT2D eigenvalue weighted by atomic mass is 10.2. The molecule has 0 fully saturated rings. The number of rotatable bonds is 6. The van der Waals surface area contributed by atoms with E-state index in [-0.39, 0.29) is 5.04 Å². The minimum Gasteiger partial charge on any atom is -0.412 e. The summed E-state index contributed by atoms with van der Waals surface area (Å²) in [6, 6.07) is 0. The van der Waals surface area contributed by atoms with Gasteiger partial charge in [0.2, 0.25) is 10.0 Å². The lowest BCUT2D eigenvalue weighted by molar-refractivity contribution is 0.181. The third-order valence-electron chi connectivity index (χ3n) is 3.69. The van der Waals surface area contributed by atoms with Crippen molar-refractivity contribution in [2.75, 3.05) is 0 Å². The van der Waals surface area contributed by atoms with Gasteiger partial charge in [-0.15, -0.1) is 6.58 Å². The topological polar surface area (TPSA) is 69.4 Å². The Morgan fingerprint density at radius 1 is 1.39 bits per heavy atom. The maximum Gasteiger partial charge on any atom is 0.214 e. The zero-order chi connectivity index (χ0) is 14.8. The molecule has 0 heterocycles. The zero-order valence-corrected chi connectivity index (χ0v) is 14.2. The average Bonchev–Trinajstić information content (AvgIpc) is 2.12. The Balaban J connectivity index is 5.12. The van der Waals surface area contributed by atoms with Gasteiger partial charge in [-0.05, 0) is 31.5 Å². The summed E-state index contributed by atoms with van der Waals surface area (Å²) >= 11 is 0. The Kier molecular flexibility index (Phi) is 5.80. The van der Waals surface area contributed by atoms with Crippen LogP contribution < -0.4 is 5.14 Å². The number of primary sulfonamides is 1. The van der Waals surface area contributed by atoms with Gasteiger partial charge in [0, 0.05) is 0 Å². The normalized spacial score (nSPS) is 17.3. The maximum absolute atomic E-state index is 11.5. The first-order chi connectivity index (χ1) is 7.83. The van der Waals surface area contributed by atoms with E-state index in [4.69, 9.17) is 9.56 Å². The second-order valence-corrected chi connectivity index (χ2v) is 12.9. The van der Waals surface area contributed by atoms with Crippen molar-refractivity contribution in [3.05, 3.63) is 12.7 Å². The zero-order valence-electron chi connectivity index (χ0n) is 12.4. The van der Waals surface area contributed by atoms with Crippen LogP contribution in [0.25, 0.3) is 0 Å². The van der Waals surface area contributed by atoms with Crippen molar-refractivity contribution in [1.82, 2.24) is 0 Å². The molecule has 0 unspecified atom stereocenters. The lowest BCUT2D eigenvalue weighted by Crippen LogP contribution is -2.48. The van der Waals surface area contributed by atoms with Gasteiger partial charge in [0.05, 0.1) is 11.4 Å². The first-order valence-corrected chi connectivity index (χ1v) is 10.6. The van der Waals surface area contributed by atoms with Crippen molar-refractivity contribution in [2.24, 2.45) is 5.14 Å². The van der Waals surface area contributed by atoms with Crippen molar-refractivity contribution < 1.29 is 12.8 Å². The molecule has 0 aliphatic heterocycles. The predicted molar refractivity (Wildman–Crippen MR) is 79.5 cm³/mol. The van der Waals surface area contributed by atoms with E-state index in [1.807, 2.05) is 0 Å². The van der Waals surface area contributed by atoms with Crippen LogP contribution in [0.3, 0.4) is 0 Å². The molecule has 0 aromatic carbocycles. The summed E-state index contributed by atoms with van der Waals surface area (Å²) < 4.78 is 29.1. The minimum atomic E-state index is -3.59. The Morgan fingerprint density at radius 2 is 1.83 bits per heavy atom. The molecule has 0 saturated heterocycles. The van der Waals surface area contributed by atoms with Crippen molar-refractivity contribution in [3.63, 3.8) is 0 Å². The Bertz CT molecular complexity index is 385. The van der Waals surface area contributed by atoms with Gasteiger partial charge >= 0.3 is 0 Å². The number of sulfonamides is 1. The second kappa shape index (κ2) is 5.86. The van der Waals surface area contributed by atoms with Gasteiger partial charge < -0.3 is 4.43 Å². The fourth-order valence-corrected chi connectivity index (χ4v) is 3.37. The van der Waals surface area contributed by atoms with E-state index in [1.54, 1.807) is 13.0 Å². The summed E-state index contributed by atoms with van der Waals surface area (Å²) in [5.41, 5.74) is 0. The summed E-state index contributed by atoms with van der Waals surface area (Å²) in [5.74, 6) is 0. The second-order valence-electron chi connectivity index (χ2n) is 6.24. The highest BCUT2D eigenvalue weighted by Gasteiger charge is 2.41. The molecule has 2 N–H and O–H groups in total. The molecule has 0 aromatic heterocycles. The molecule has 108 valence electrons. The molecule has 0 spiro atoms. The first-order valence-electron chi connectivity index (χ1n) is 6.13. The first kappa shape index (κ1) is 17.8. The summed E-state index contributed by atoms with van der Waals surface area (Å²) in [6.07, 6.45) is 1.75. The molecular weight excluding hydrogens is 266 g/mol. The maximum atomic E-state index is 11.5. The molecule has 0 saturated carbocycles. The Morgan fingerprint density at radius 3 is 2.11 bits per heavy atom. The summed E-state index contributed by atoms with van der Waals surface area (Å²) in [6.45, 7) is 15.8. The summed E-state index contributed by atoms with van der Waals surface area (Å²) in [7, 11) is -5.61. The average molecular weight is 294 g/mol. The highest BCUT2D eigenvalue weighted by molar-refractivity contribution is 7.89. The summed E-state index contributed by atoms with van der Waals surface area (Å²) in [4.78, 5) is 0. The molecule has 0 rings (SSSR count). The molecule has 0 amide bonds. The summed E-state index contributed by atoms with van der Waals surface area (Å²) in [5, 5.41) is 4.53. The van der Waals surface area contributed by atoms with Crippen LogP contribution in [0.15, 0.2) is 12.7 Å². The SMILES string of the molecule is C=CC[C@@H](O[Si](C)(C)C(C)(C)C)[C@H](C)S(N)(=O)=O. The molecule has 4 nitrogen and oxygen atoms in total. The van der Waals surface area contributed by atoms with Crippen LogP contribution in [-0.2, 0) is 14.4 Å². The van der Waals surface area contributed by atoms with E-state index in [1.165, 1.54) is 0 Å². The molecule has 6 heteroatoms. The number of hydrogen-bond donors (Lipinski definition) is 1. The highest BCUT2D eigenvalue weighted by Crippen LogP contribution is 2.38. The van der Waals surface area contributed by atoms with Crippen LogP contribution >= 0.6 is 0 Å². The van der Waals surface area contributed by atoms with Gasteiger partial charge in [0.25, 0.3) is 0 Å². The van der Waals surface area contributed by atoms with Crippen LogP contribution in [0.1, 0.15) is 34.1 Å². The van der Waals surface area contributed by atoms with Crippen LogP contribution in [-0.4, -0.2) is 28.1 Å².